The highest BCUT2D eigenvalue weighted by Gasteiger charge is 2.21. The van der Waals surface area contributed by atoms with Crippen LogP contribution in [0.3, 0.4) is 0 Å². The van der Waals surface area contributed by atoms with Crippen LogP contribution in [0.1, 0.15) is 52.0 Å². The summed E-state index contributed by atoms with van der Waals surface area (Å²) in [6, 6.07) is 14.0. The van der Waals surface area contributed by atoms with Crippen LogP contribution < -0.4 is 16.0 Å². The number of hydrogen-bond acceptors (Lipinski definition) is 3. The molecule has 3 amide bonds. The number of amides is 3. The van der Waals surface area contributed by atoms with Gasteiger partial charge in [-0.15, -0.1) is 0 Å². The van der Waals surface area contributed by atoms with E-state index in [4.69, 9.17) is 0 Å². The summed E-state index contributed by atoms with van der Waals surface area (Å²) < 4.78 is 0. The molecule has 1 saturated carbocycles. The first-order chi connectivity index (χ1) is 14.0. The van der Waals surface area contributed by atoms with E-state index in [1.54, 1.807) is 36.4 Å². The number of hydrogen-bond donors (Lipinski definition) is 3. The van der Waals surface area contributed by atoms with E-state index in [1.807, 2.05) is 19.1 Å². The molecule has 0 bridgehead atoms. The largest absolute Gasteiger partial charge is 0.354 e. The van der Waals surface area contributed by atoms with Crippen LogP contribution in [0.25, 0.3) is 0 Å². The summed E-state index contributed by atoms with van der Waals surface area (Å²) >= 11 is 0. The topological polar surface area (TPSA) is 87.3 Å². The number of nitrogens with one attached hydrogen (secondary N) is 3. The molecule has 0 radical (unpaired) electrons. The lowest BCUT2D eigenvalue weighted by Crippen LogP contribution is -2.37. The van der Waals surface area contributed by atoms with Crippen molar-refractivity contribution in [2.75, 3.05) is 18.4 Å². The van der Waals surface area contributed by atoms with Crippen molar-refractivity contribution in [1.29, 1.82) is 0 Å². The molecule has 0 saturated heterocycles. The van der Waals surface area contributed by atoms with Crippen molar-refractivity contribution in [2.45, 2.75) is 32.6 Å². The molecule has 0 atom stereocenters. The van der Waals surface area contributed by atoms with Crippen LogP contribution in [0.5, 0.6) is 0 Å². The molecular weight excluding hydrogens is 366 g/mol. The average molecular weight is 393 g/mol. The fourth-order valence-corrected chi connectivity index (χ4v) is 3.41. The molecule has 1 aliphatic rings. The zero-order chi connectivity index (χ0) is 20.6. The van der Waals surface area contributed by atoms with E-state index in [0.29, 0.717) is 29.9 Å². The van der Waals surface area contributed by atoms with Crippen molar-refractivity contribution in [2.24, 2.45) is 5.92 Å². The van der Waals surface area contributed by atoms with Crippen LogP contribution in [0.4, 0.5) is 5.69 Å². The summed E-state index contributed by atoms with van der Waals surface area (Å²) in [6.45, 7) is 2.77. The van der Waals surface area contributed by atoms with E-state index in [-0.39, 0.29) is 23.6 Å². The monoisotopic (exact) mass is 393 g/mol. The van der Waals surface area contributed by atoms with E-state index in [0.717, 1.165) is 31.2 Å². The van der Waals surface area contributed by atoms with Crippen molar-refractivity contribution in [3.05, 3.63) is 65.2 Å². The summed E-state index contributed by atoms with van der Waals surface area (Å²) in [6.07, 6.45) is 4.17. The van der Waals surface area contributed by atoms with Gasteiger partial charge in [0.2, 0.25) is 5.91 Å². The quantitative estimate of drug-likeness (QED) is 0.631. The average Bonchev–Trinajstić information content (AvgIpc) is 3.27. The zero-order valence-electron chi connectivity index (χ0n) is 16.7. The summed E-state index contributed by atoms with van der Waals surface area (Å²) in [5.74, 6) is -0.185. The van der Waals surface area contributed by atoms with Gasteiger partial charge in [-0.2, -0.15) is 0 Å². The Hall–Kier alpha value is -3.15. The highest BCUT2D eigenvalue weighted by Crippen LogP contribution is 2.24. The van der Waals surface area contributed by atoms with Crippen LogP contribution in [0.15, 0.2) is 48.5 Å². The summed E-state index contributed by atoms with van der Waals surface area (Å²) in [7, 11) is 0. The van der Waals surface area contributed by atoms with Crippen LogP contribution >= 0.6 is 0 Å². The minimum absolute atomic E-state index is 0.0884. The molecule has 29 heavy (non-hydrogen) atoms. The highest BCUT2D eigenvalue weighted by atomic mass is 16.2. The molecule has 0 spiro atoms. The summed E-state index contributed by atoms with van der Waals surface area (Å²) in [4.78, 5) is 36.4. The van der Waals surface area contributed by atoms with Gasteiger partial charge < -0.3 is 16.0 Å². The van der Waals surface area contributed by atoms with Gasteiger partial charge in [0, 0.05) is 35.8 Å². The van der Waals surface area contributed by atoms with Crippen molar-refractivity contribution >= 4 is 23.4 Å². The van der Waals surface area contributed by atoms with Crippen LogP contribution in [0, 0.1) is 12.8 Å². The maximum absolute atomic E-state index is 12.2. The van der Waals surface area contributed by atoms with Crippen molar-refractivity contribution in [3.63, 3.8) is 0 Å². The van der Waals surface area contributed by atoms with E-state index in [9.17, 15) is 14.4 Å². The molecule has 1 fully saturated rings. The Kier molecular flexibility index (Phi) is 7.00. The lowest BCUT2D eigenvalue weighted by Gasteiger charge is -2.11. The molecule has 152 valence electrons. The smallest absolute Gasteiger partial charge is 0.255 e. The maximum Gasteiger partial charge on any atom is 0.255 e. The van der Waals surface area contributed by atoms with Crippen LogP contribution in [-0.2, 0) is 4.79 Å². The molecule has 0 aliphatic heterocycles. The van der Waals surface area contributed by atoms with Gasteiger partial charge >= 0.3 is 0 Å². The number of anilines is 1. The Balaban J connectivity index is 1.42. The Bertz CT molecular complexity index is 854. The molecule has 3 N–H and O–H groups in total. The predicted octanol–water partition coefficient (Wildman–Crippen LogP) is 3.28. The fraction of sp³-hybridized carbons (Fsp3) is 0.348. The van der Waals surface area contributed by atoms with Gasteiger partial charge in [-0.3, -0.25) is 14.4 Å². The van der Waals surface area contributed by atoms with Gasteiger partial charge in [0.05, 0.1) is 0 Å². The Morgan fingerprint density at radius 1 is 0.793 bits per heavy atom. The van der Waals surface area contributed by atoms with Crippen molar-refractivity contribution < 1.29 is 14.4 Å². The maximum atomic E-state index is 12.2. The lowest BCUT2D eigenvalue weighted by molar-refractivity contribution is -0.124. The minimum atomic E-state index is -0.212. The predicted molar refractivity (Wildman–Crippen MR) is 113 cm³/mol. The van der Waals surface area contributed by atoms with E-state index in [2.05, 4.69) is 16.0 Å². The Labute approximate surface area is 171 Å². The second-order valence-electron chi connectivity index (χ2n) is 7.43. The molecule has 1 aliphatic carbocycles. The first-order valence-electron chi connectivity index (χ1n) is 10.1. The van der Waals surface area contributed by atoms with Crippen molar-refractivity contribution in [1.82, 2.24) is 10.6 Å². The number of carbonyl (C=O) groups is 3. The van der Waals surface area contributed by atoms with Crippen LogP contribution in [-0.4, -0.2) is 30.8 Å². The molecule has 0 heterocycles. The van der Waals surface area contributed by atoms with Gasteiger partial charge in [-0.05, 0) is 56.2 Å². The molecule has 0 aromatic heterocycles. The van der Waals surface area contributed by atoms with Gasteiger partial charge in [-0.25, -0.2) is 0 Å². The molecule has 6 heteroatoms. The van der Waals surface area contributed by atoms with E-state index in [1.165, 1.54) is 0 Å². The first kappa shape index (κ1) is 20.6. The number of benzene rings is 2. The zero-order valence-corrected chi connectivity index (χ0v) is 16.7. The third kappa shape index (κ3) is 5.91. The Morgan fingerprint density at radius 2 is 1.34 bits per heavy atom. The number of aryl methyl sites for hydroxylation is 1. The van der Waals surface area contributed by atoms with Gasteiger partial charge in [-0.1, -0.05) is 30.5 Å². The second-order valence-corrected chi connectivity index (χ2v) is 7.43. The molecular formula is C23H27N3O3. The second kappa shape index (κ2) is 9.87. The SMILES string of the molecule is Cc1ccc(C(=O)Nc2ccc(C(=O)NCCNC(=O)C3CCCC3)cc2)cc1. The first-order valence-corrected chi connectivity index (χ1v) is 10.1. The third-order valence-electron chi connectivity index (χ3n) is 5.15. The highest BCUT2D eigenvalue weighted by molar-refractivity contribution is 6.04. The molecule has 0 unspecified atom stereocenters. The van der Waals surface area contributed by atoms with Crippen molar-refractivity contribution in [3.8, 4) is 0 Å². The molecule has 2 aromatic rings. The standard InChI is InChI=1S/C23H27N3O3/c1-16-6-8-19(9-7-16)23(29)26-20-12-10-18(11-13-20)22(28)25-15-14-24-21(27)17-4-2-3-5-17/h6-13,17H,2-5,14-15H2,1H3,(H,24,27)(H,25,28)(H,26,29). The molecule has 6 nitrogen and oxygen atoms in total. The lowest BCUT2D eigenvalue weighted by atomic mass is 10.1. The fourth-order valence-electron chi connectivity index (χ4n) is 3.41. The van der Waals surface area contributed by atoms with E-state index < -0.39 is 0 Å². The third-order valence-corrected chi connectivity index (χ3v) is 5.15. The molecule has 3 rings (SSSR count). The van der Waals surface area contributed by atoms with Crippen LogP contribution in [0.2, 0.25) is 0 Å². The van der Waals surface area contributed by atoms with Gasteiger partial charge in [0.15, 0.2) is 0 Å². The van der Waals surface area contributed by atoms with Gasteiger partial charge in [0.1, 0.15) is 0 Å². The summed E-state index contributed by atoms with van der Waals surface area (Å²) in [5, 5.41) is 8.49. The Morgan fingerprint density at radius 3 is 2.00 bits per heavy atom. The van der Waals surface area contributed by atoms with Gasteiger partial charge in [0.25, 0.3) is 11.8 Å². The van der Waals surface area contributed by atoms with E-state index >= 15 is 0 Å². The molecule has 2 aromatic carbocycles. The normalized spacial score (nSPS) is 13.7. The summed E-state index contributed by atoms with van der Waals surface area (Å²) in [5.41, 5.74) is 2.79. The number of carbonyl (C=O) groups excluding carboxylic acids is 3. The minimum Gasteiger partial charge on any atom is -0.354 e. The number of rotatable bonds is 7.